The zero-order chi connectivity index (χ0) is 22.0. The molecular weight excluding hydrogens is 457 g/mol. The second-order valence-electron chi connectivity index (χ2n) is 7.37. The Labute approximate surface area is 191 Å². The van der Waals surface area contributed by atoms with Gasteiger partial charge in [-0.2, -0.15) is 4.31 Å². The Kier molecular flexibility index (Phi) is 6.50. The van der Waals surface area contributed by atoms with E-state index in [1.165, 1.54) is 16.4 Å². The van der Waals surface area contributed by atoms with Crippen LogP contribution in [-0.2, 0) is 14.8 Å². The zero-order valence-corrected chi connectivity index (χ0v) is 18.9. The summed E-state index contributed by atoms with van der Waals surface area (Å²) in [5.41, 5.74) is 0.737. The highest BCUT2D eigenvalue weighted by molar-refractivity contribution is 7.89. The number of carbonyl (C=O) groups excluding carboxylic acids is 1. The highest BCUT2D eigenvalue weighted by Crippen LogP contribution is 2.28. The van der Waals surface area contributed by atoms with Crippen LogP contribution in [0.1, 0.15) is 0 Å². The van der Waals surface area contributed by atoms with Gasteiger partial charge in [0.05, 0.1) is 11.6 Å². The molecule has 0 saturated carbocycles. The molecule has 1 aliphatic heterocycles. The fourth-order valence-corrected chi connectivity index (χ4v) is 5.77. The van der Waals surface area contributed by atoms with Crippen LogP contribution in [0.5, 0.6) is 0 Å². The van der Waals surface area contributed by atoms with Gasteiger partial charge in [0.25, 0.3) is 0 Å². The lowest BCUT2D eigenvalue weighted by atomic mass is 10.1. The Bertz CT molecular complexity index is 1230. The minimum atomic E-state index is -3.75. The Morgan fingerprint density at radius 1 is 0.903 bits per heavy atom. The predicted octanol–water partition coefficient (Wildman–Crippen LogP) is 4.09. The van der Waals surface area contributed by atoms with Gasteiger partial charge in [0, 0.05) is 36.9 Å². The fourth-order valence-electron chi connectivity index (χ4n) is 3.61. The molecule has 0 spiro atoms. The van der Waals surface area contributed by atoms with Gasteiger partial charge < -0.3 is 5.32 Å². The molecule has 0 aliphatic carbocycles. The van der Waals surface area contributed by atoms with E-state index >= 15 is 0 Å². The SMILES string of the molecule is O=C(CN1CCN(S(=O)(=O)c2cc(Cl)ccc2Cl)CC1)Nc1ccc2ccccc2c1. The number of nitrogens with zero attached hydrogens (tertiary/aromatic N) is 2. The van der Waals surface area contributed by atoms with Crippen molar-refractivity contribution in [1.29, 1.82) is 0 Å². The molecule has 0 unspecified atom stereocenters. The lowest BCUT2D eigenvalue weighted by Crippen LogP contribution is -2.50. The summed E-state index contributed by atoms with van der Waals surface area (Å²) in [4.78, 5) is 14.4. The van der Waals surface area contributed by atoms with Gasteiger partial charge in [-0.3, -0.25) is 9.69 Å². The van der Waals surface area contributed by atoms with Crippen molar-refractivity contribution in [2.24, 2.45) is 0 Å². The van der Waals surface area contributed by atoms with E-state index in [1.807, 2.05) is 47.4 Å². The number of amides is 1. The number of nitrogens with one attached hydrogen (secondary N) is 1. The molecule has 0 bridgehead atoms. The van der Waals surface area contributed by atoms with Crippen molar-refractivity contribution in [2.75, 3.05) is 38.0 Å². The van der Waals surface area contributed by atoms with Crippen molar-refractivity contribution >= 4 is 55.6 Å². The summed E-state index contributed by atoms with van der Waals surface area (Å²) in [5, 5.41) is 5.53. The minimum Gasteiger partial charge on any atom is -0.325 e. The molecule has 1 aliphatic rings. The quantitative estimate of drug-likeness (QED) is 0.600. The molecule has 4 rings (SSSR count). The standard InChI is InChI=1S/C22H21Cl2N3O3S/c23-18-6-8-20(24)21(14-18)31(29,30)27-11-9-26(10-12-27)15-22(28)25-19-7-5-16-3-1-2-4-17(16)13-19/h1-8,13-14H,9-12,15H2,(H,25,28). The molecule has 1 heterocycles. The van der Waals surface area contributed by atoms with Gasteiger partial charge in [-0.25, -0.2) is 8.42 Å². The molecule has 3 aromatic rings. The molecule has 1 amide bonds. The van der Waals surface area contributed by atoms with Crippen LogP contribution >= 0.6 is 23.2 Å². The smallest absolute Gasteiger partial charge is 0.244 e. The van der Waals surface area contributed by atoms with Crippen LogP contribution in [0.3, 0.4) is 0 Å². The Morgan fingerprint density at radius 3 is 2.35 bits per heavy atom. The maximum Gasteiger partial charge on any atom is 0.244 e. The van der Waals surface area contributed by atoms with Crippen LogP contribution in [0.2, 0.25) is 10.0 Å². The Balaban J connectivity index is 1.35. The number of rotatable bonds is 5. The van der Waals surface area contributed by atoms with Crippen molar-refractivity contribution in [3.05, 3.63) is 70.7 Å². The average Bonchev–Trinajstić information content (AvgIpc) is 2.75. The highest BCUT2D eigenvalue weighted by Gasteiger charge is 2.30. The Hall–Kier alpha value is -2.16. The predicted molar refractivity (Wildman–Crippen MR) is 124 cm³/mol. The first-order valence-electron chi connectivity index (χ1n) is 9.79. The summed E-state index contributed by atoms with van der Waals surface area (Å²) in [6, 6.07) is 18.1. The van der Waals surface area contributed by atoms with Gasteiger partial charge in [-0.05, 0) is 41.1 Å². The molecule has 1 saturated heterocycles. The number of sulfonamides is 1. The lowest BCUT2D eigenvalue weighted by Gasteiger charge is -2.33. The molecule has 3 aromatic carbocycles. The third-order valence-electron chi connectivity index (χ3n) is 5.24. The summed E-state index contributed by atoms with van der Waals surface area (Å²) in [6.45, 7) is 1.63. The molecule has 6 nitrogen and oxygen atoms in total. The van der Waals surface area contributed by atoms with Gasteiger partial charge in [-0.1, -0.05) is 53.5 Å². The van der Waals surface area contributed by atoms with E-state index in [0.717, 1.165) is 16.5 Å². The van der Waals surface area contributed by atoms with E-state index < -0.39 is 10.0 Å². The third-order valence-corrected chi connectivity index (χ3v) is 7.86. The van der Waals surface area contributed by atoms with E-state index in [1.54, 1.807) is 6.07 Å². The van der Waals surface area contributed by atoms with E-state index in [9.17, 15) is 13.2 Å². The van der Waals surface area contributed by atoms with Gasteiger partial charge in [0.1, 0.15) is 4.90 Å². The first-order chi connectivity index (χ1) is 14.8. The molecular formula is C22H21Cl2N3O3S. The monoisotopic (exact) mass is 477 g/mol. The third kappa shape index (κ3) is 5.02. The second-order valence-corrected chi connectivity index (χ2v) is 10.1. The number of anilines is 1. The van der Waals surface area contributed by atoms with Crippen molar-refractivity contribution in [1.82, 2.24) is 9.21 Å². The highest BCUT2D eigenvalue weighted by atomic mass is 35.5. The normalized spacial score (nSPS) is 15.8. The number of halogens is 2. The van der Waals surface area contributed by atoms with Gasteiger partial charge in [0.2, 0.25) is 15.9 Å². The summed E-state index contributed by atoms with van der Waals surface area (Å²) in [6.07, 6.45) is 0. The van der Waals surface area contributed by atoms with Crippen LogP contribution in [0.25, 0.3) is 10.8 Å². The number of hydrogen-bond donors (Lipinski definition) is 1. The number of fused-ring (bicyclic) bond motifs is 1. The Morgan fingerprint density at radius 2 is 1.61 bits per heavy atom. The molecule has 0 atom stereocenters. The first-order valence-corrected chi connectivity index (χ1v) is 12.0. The number of carbonyl (C=O) groups is 1. The van der Waals surface area contributed by atoms with Crippen LogP contribution in [-0.4, -0.2) is 56.3 Å². The lowest BCUT2D eigenvalue weighted by molar-refractivity contribution is -0.117. The van der Waals surface area contributed by atoms with Gasteiger partial charge >= 0.3 is 0 Å². The van der Waals surface area contributed by atoms with Gasteiger partial charge in [-0.15, -0.1) is 0 Å². The van der Waals surface area contributed by atoms with Gasteiger partial charge in [0.15, 0.2) is 0 Å². The molecule has 9 heteroatoms. The van der Waals surface area contributed by atoms with E-state index in [-0.39, 0.29) is 35.5 Å². The van der Waals surface area contributed by atoms with Crippen LogP contribution < -0.4 is 5.32 Å². The molecule has 162 valence electrons. The van der Waals surface area contributed by atoms with E-state index in [4.69, 9.17) is 23.2 Å². The van der Waals surface area contributed by atoms with Crippen molar-refractivity contribution in [3.8, 4) is 0 Å². The fraction of sp³-hybridized carbons (Fsp3) is 0.227. The van der Waals surface area contributed by atoms with E-state index in [2.05, 4.69) is 5.32 Å². The number of piperazine rings is 1. The first kappa shape index (κ1) is 22.0. The summed E-state index contributed by atoms with van der Waals surface area (Å²) >= 11 is 12.0. The summed E-state index contributed by atoms with van der Waals surface area (Å²) < 4.78 is 27.2. The number of hydrogen-bond acceptors (Lipinski definition) is 4. The zero-order valence-electron chi connectivity index (χ0n) is 16.6. The van der Waals surface area contributed by atoms with Crippen molar-refractivity contribution in [3.63, 3.8) is 0 Å². The molecule has 0 radical (unpaired) electrons. The molecule has 0 aromatic heterocycles. The van der Waals surface area contributed by atoms with Crippen LogP contribution in [0, 0.1) is 0 Å². The second kappa shape index (κ2) is 9.14. The van der Waals surface area contributed by atoms with E-state index in [0.29, 0.717) is 18.1 Å². The largest absolute Gasteiger partial charge is 0.325 e. The maximum absolute atomic E-state index is 12.9. The maximum atomic E-state index is 12.9. The van der Waals surface area contributed by atoms with Crippen molar-refractivity contribution < 1.29 is 13.2 Å². The number of benzene rings is 3. The van der Waals surface area contributed by atoms with Crippen LogP contribution in [0.4, 0.5) is 5.69 Å². The molecule has 1 N–H and O–H groups in total. The summed E-state index contributed by atoms with van der Waals surface area (Å²) in [7, 11) is -3.75. The minimum absolute atomic E-state index is 0.00386. The molecule has 31 heavy (non-hydrogen) atoms. The average molecular weight is 478 g/mol. The van der Waals surface area contributed by atoms with Crippen LogP contribution in [0.15, 0.2) is 65.6 Å². The topological polar surface area (TPSA) is 69.7 Å². The molecule has 1 fully saturated rings. The summed E-state index contributed by atoms with van der Waals surface area (Å²) in [5.74, 6) is -0.135. The van der Waals surface area contributed by atoms with Crippen molar-refractivity contribution in [2.45, 2.75) is 4.90 Å².